The number of aromatic amines is 1. The Balaban J connectivity index is 1.66. The summed E-state index contributed by atoms with van der Waals surface area (Å²) >= 11 is 0. The Kier molecular flexibility index (Phi) is 3.84. The lowest BCUT2D eigenvalue weighted by Gasteiger charge is -1.99. The zero-order chi connectivity index (χ0) is 18.9. The molecule has 0 amide bonds. The lowest BCUT2D eigenvalue weighted by atomic mass is 10.1. The second kappa shape index (κ2) is 6.63. The SMILES string of the molecule is Oc1[nH]c2ccccc2c1C=c1cc(/C=C/c2ccncc2)c2c(c1)N=NC=2. The molecule has 5 nitrogen and oxygen atoms in total. The van der Waals surface area contributed by atoms with Gasteiger partial charge in [0, 0.05) is 34.1 Å². The van der Waals surface area contributed by atoms with Gasteiger partial charge in [0.15, 0.2) is 5.88 Å². The maximum atomic E-state index is 10.4. The first-order valence-electron chi connectivity index (χ1n) is 8.92. The molecular weight excluding hydrogens is 348 g/mol. The molecule has 3 heterocycles. The van der Waals surface area contributed by atoms with Gasteiger partial charge >= 0.3 is 0 Å². The second-order valence-corrected chi connectivity index (χ2v) is 6.58. The Hall–Kier alpha value is -3.99. The van der Waals surface area contributed by atoms with E-state index in [1.54, 1.807) is 18.6 Å². The van der Waals surface area contributed by atoms with Crippen LogP contribution in [-0.4, -0.2) is 15.1 Å². The van der Waals surface area contributed by atoms with Crippen LogP contribution >= 0.6 is 0 Å². The van der Waals surface area contributed by atoms with Gasteiger partial charge in [-0.05, 0) is 52.8 Å². The molecule has 2 N–H and O–H groups in total. The molecule has 5 heteroatoms. The highest BCUT2D eigenvalue weighted by atomic mass is 16.3. The van der Waals surface area contributed by atoms with Gasteiger partial charge in [0.25, 0.3) is 0 Å². The van der Waals surface area contributed by atoms with Crippen LogP contribution in [0.15, 0.2) is 71.2 Å². The van der Waals surface area contributed by atoms with E-state index in [0.717, 1.165) is 43.7 Å². The van der Waals surface area contributed by atoms with Crippen molar-refractivity contribution in [3.8, 4) is 5.88 Å². The minimum Gasteiger partial charge on any atom is -0.494 e. The molecular formula is C23H16N4O. The smallest absolute Gasteiger partial charge is 0.196 e. The van der Waals surface area contributed by atoms with E-state index in [1.807, 2.05) is 60.7 Å². The lowest BCUT2D eigenvalue weighted by Crippen LogP contribution is -2.11. The van der Waals surface area contributed by atoms with E-state index in [0.29, 0.717) is 0 Å². The number of azo groups is 1. The first kappa shape index (κ1) is 16.2. The Labute approximate surface area is 160 Å². The van der Waals surface area contributed by atoms with Gasteiger partial charge in [-0.15, -0.1) is 0 Å². The third-order valence-electron chi connectivity index (χ3n) is 4.76. The van der Waals surface area contributed by atoms with Crippen LogP contribution in [0, 0.1) is 0 Å². The first-order chi connectivity index (χ1) is 13.8. The van der Waals surface area contributed by atoms with Crippen LogP contribution < -0.4 is 10.4 Å². The maximum absolute atomic E-state index is 10.4. The summed E-state index contributed by atoms with van der Waals surface area (Å²) in [7, 11) is 0. The van der Waals surface area contributed by atoms with Crippen molar-refractivity contribution in [3.05, 3.63) is 88.1 Å². The molecule has 0 saturated heterocycles. The molecule has 2 aromatic heterocycles. The summed E-state index contributed by atoms with van der Waals surface area (Å²) in [5.74, 6) is 0.156. The predicted molar refractivity (Wildman–Crippen MR) is 111 cm³/mol. The number of para-hydroxylation sites is 1. The molecule has 0 radical (unpaired) electrons. The molecule has 0 unspecified atom stereocenters. The summed E-state index contributed by atoms with van der Waals surface area (Å²) in [6.07, 6.45) is 11.4. The normalized spacial score (nSPS) is 13.4. The highest BCUT2D eigenvalue weighted by molar-refractivity contribution is 5.91. The van der Waals surface area contributed by atoms with Gasteiger partial charge in [0.1, 0.15) is 0 Å². The predicted octanol–water partition coefficient (Wildman–Crippen LogP) is 4.10. The number of H-pyrrole nitrogens is 1. The van der Waals surface area contributed by atoms with Crippen molar-refractivity contribution in [2.24, 2.45) is 10.2 Å². The minimum atomic E-state index is 0.156. The average Bonchev–Trinajstić information content (AvgIpc) is 3.32. The van der Waals surface area contributed by atoms with E-state index in [1.165, 1.54) is 0 Å². The number of hydrogen-bond acceptors (Lipinski definition) is 4. The van der Waals surface area contributed by atoms with Gasteiger partial charge in [-0.1, -0.05) is 30.4 Å². The quantitative estimate of drug-likeness (QED) is 0.574. The fraction of sp³-hybridized carbons (Fsp3) is 0. The highest BCUT2D eigenvalue weighted by Gasteiger charge is 2.09. The van der Waals surface area contributed by atoms with E-state index in [9.17, 15) is 5.11 Å². The summed E-state index contributed by atoms with van der Waals surface area (Å²) in [5, 5.41) is 21.6. The number of fused-ring (bicyclic) bond motifs is 2. The zero-order valence-corrected chi connectivity index (χ0v) is 14.9. The number of benzene rings is 2. The van der Waals surface area contributed by atoms with Gasteiger partial charge in [-0.2, -0.15) is 10.2 Å². The molecule has 0 bridgehead atoms. The van der Waals surface area contributed by atoms with Crippen LogP contribution in [-0.2, 0) is 0 Å². The Morgan fingerprint density at radius 2 is 1.82 bits per heavy atom. The van der Waals surface area contributed by atoms with Crippen molar-refractivity contribution in [2.75, 3.05) is 0 Å². The molecule has 0 fully saturated rings. The van der Waals surface area contributed by atoms with E-state index in [4.69, 9.17) is 0 Å². The molecule has 1 aliphatic heterocycles. The topological polar surface area (TPSA) is 73.6 Å². The van der Waals surface area contributed by atoms with Crippen LogP contribution in [0.3, 0.4) is 0 Å². The number of pyridine rings is 1. The molecule has 5 rings (SSSR count). The summed E-state index contributed by atoms with van der Waals surface area (Å²) in [6, 6.07) is 15.8. The summed E-state index contributed by atoms with van der Waals surface area (Å²) in [5.41, 5.74) is 4.57. The van der Waals surface area contributed by atoms with Crippen molar-refractivity contribution in [3.63, 3.8) is 0 Å². The zero-order valence-electron chi connectivity index (χ0n) is 14.9. The van der Waals surface area contributed by atoms with Gasteiger partial charge in [-0.3, -0.25) is 4.98 Å². The van der Waals surface area contributed by atoms with Crippen LogP contribution in [0.1, 0.15) is 16.7 Å². The fourth-order valence-electron chi connectivity index (χ4n) is 3.40. The largest absolute Gasteiger partial charge is 0.494 e. The number of aromatic nitrogens is 2. The molecule has 0 spiro atoms. The minimum absolute atomic E-state index is 0.156. The van der Waals surface area contributed by atoms with E-state index in [-0.39, 0.29) is 5.88 Å². The van der Waals surface area contributed by atoms with Gasteiger partial charge in [-0.25, -0.2) is 0 Å². The van der Waals surface area contributed by atoms with E-state index < -0.39 is 0 Å². The lowest BCUT2D eigenvalue weighted by molar-refractivity contribution is 0.457. The number of rotatable bonds is 3. The van der Waals surface area contributed by atoms with Crippen molar-refractivity contribution in [2.45, 2.75) is 0 Å². The van der Waals surface area contributed by atoms with Gasteiger partial charge in [0.05, 0.1) is 11.9 Å². The number of hydrogen-bond donors (Lipinski definition) is 2. The third-order valence-corrected chi connectivity index (χ3v) is 4.76. The number of nitrogens with one attached hydrogen (secondary N) is 1. The average molecular weight is 364 g/mol. The molecule has 1 aliphatic rings. The summed E-state index contributed by atoms with van der Waals surface area (Å²) in [6.45, 7) is 0. The molecule has 0 aliphatic carbocycles. The number of aromatic hydroxyl groups is 1. The van der Waals surface area contributed by atoms with Crippen LogP contribution in [0.4, 0.5) is 5.69 Å². The standard InChI is InChI=1S/C23H16N4O/c28-23-19(18-3-1-2-4-21(18)26-23)12-16-11-17(20-14-25-27-22(20)13-16)6-5-15-7-9-24-10-8-15/h1-14,26,28H/b6-5+,16-12?. The van der Waals surface area contributed by atoms with E-state index >= 15 is 0 Å². The Bertz CT molecular complexity index is 1370. The first-order valence-corrected chi connectivity index (χ1v) is 8.92. The van der Waals surface area contributed by atoms with Gasteiger partial charge < -0.3 is 10.1 Å². The molecule has 28 heavy (non-hydrogen) atoms. The van der Waals surface area contributed by atoms with Crippen molar-refractivity contribution in [1.82, 2.24) is 9.97 Å². The fourth-order valence-corrected chi connectivity index (χ4v) is 3.40. The molecule has 0 saturated carbocycles. The third kappa shape index (κ3) is 2.89. The van der Waals surface area contributed by atoms with Crippen molar-refractivity contribution < 1.29 is 5.11 Å². The van der Waals surface area contributed by atoms with Crippen molar-refractivity contribution in [1.29, 1.82) is 0 Å². The van der Waals surface area contributed by atoms with Crippen LogP contribution in [0.5, 0.6) is 5.88 Å². The van der Waals surface area contributed by atoms with Crippen LogP contribution in [0.25, 0.3) is 35.3 Å². The van der Waals surface area contributed by atoms with Crippen LogP contribution in [0.2, 0.25) is 0 Å². The highest BCUT2D eigenvalue weighted by Crippen LogP contribution is 2.27. The monoisotopic (exact) mass is 364 g/mol. The molecule has 2 aromatic carbocycles. The van der Waals surface area contributed by atoms with E-state index in [2.05, 4.69) is 26.3 Å². The number of nitrogens with zero attached hydrogens (tertiary/aromatic N) is 3. The molecule has 4 aromatic rings. The van der Waals surface area contributed by atoms with Crippen molar-refractivity contribution >= 4 is 41.0 Å². The maximum Gasteiger partial charge on any atom is 0.196 e. The summed E-state index contributed by atoms with van der Waals surface area (Å²) < 4.78 is 0. The molecule has 0 atom stereocenters. The second-order valence-electron chi connectivity index (χ2n) is 6.58. The Morgan fingerprint density at radius 3 is 2.71 bits per heavy atom. The molecule has 134 valence electrons. The van der Waals surface area contributed by atoms with Gasteiger partial charge in [0.2, 0.25) is 0 Å². The Morgan fingerprint density at radius 1 is 0.964 bits per heavy atom. The summed E-state index contributed by atoms with van der Waals surface area (Å²) in [4.78, 5) is 7.06.